The minimum absolute atomic E-state index is 0.0328. The molecule has 0 radical (unpaired) electrons. The zero-order valence-corrected chi connectivity index (χ0v) is 27.3. The smallest absolute Gasteiger partial charge is 0.236 e. The SMILES string of the molecule is N#CCC(=O)N1CCC[C@@H](Nc2nc(-c3cnc4ccc(F)cn34)nc(N3CCN(Cc4nc5ccccc5n4CC(O)CO)CC3)c2F)C1. The monoisotopic (exact) mass is 685 g/mol. The van der Waals surface area contributed by atoms with Crippen LogP contribution in [0.15, 0.2) is 48.8 Å². The summed E-state index contributed by atoms with van der Waals surface area (Å²) < 4.78 is 34.2. The van der Waals surface area contributed by atoms with Crippen molar-refractivity contribution in [2.75, 3.05) is 56.1 Å². The maximum Gasteiger partial charge on any atom is 0.236 e. The highest BCUT2D eigenvalue weighted by atomic mass is 19.1. The molecule has 5 aromatic rings. The second-order valence-corrected chi connectivity index (χ2v) is 12.6. The third-order valence-electron chi connectivity index (χ3n) is 9.25. The van der Waals surface area contributed by atoms with Crippen molar-refractivity contribution in [1.82, 2.24) is 38.7 Å². The molecule has 2 saturated heterocycles. The molecule has 0 saturated carbocycles. The molecule has 16 heteroatoms. The summed E-state index contributed by atoms with van der Waals surface area (Å²) in [4.78, 5) is 36.5. The number of aliphatic hydroxyl groups is 2. The van der Waals surface area contributed by atoms with Crippen molar-refractivity contribution in [2.45, 2.75) is 44.5 Å². The molecule has 4 aromatic heterocycles. The molecular formula is C34H37F2N11O3. The molecular weight excluding hydrogens is 648 g/mol. The molecule has 2 atom stereocenters. The number of piperidine rings is 1. The second-order valence-electron chi connectivity index (χ2n) is 12.6. The summed E-state index contributed by atoms with van der Waals surface area (Å²) in [6.07, 6.45) is 3.01. The Balaban J connectivity index is 1.15. The number of nitrogens with one attached hydrogen (secondary N) is 1. The summed E-state index contributed by atoms with van der Waals surface area (Å²) in [5.41, 5.74) is 2.54. The maximum absolute atomic E-state index is 16.5. The number of hydrogen-bond donors (Lipinski definition) is 3. The highest BCUT2D eigenvalue weighted by molar-refractivity contribution is 5.78. The molecule has 1 aromatic carbocycles. The maximum atomic E-state index is 16.5. The van der Waals surface area contributed by atoms with Gasteiger partial charge in [-0.05, 0) is 37.1 Å². The first-order chi connectivity index (χ1) is 24.3. The summed E-state index contributed by atoms with van der Waals surface area (Å²) in [6.45, 7) is 3.15. The van der Waals surface area contributed by atoms with Gasteiger partial charge in [0.15, 0.2) is 17.5 Å². The van der Waals surface area contributed by atoms with Crippen LogP contribution in [0.4, 0.5) is 20.4 Å². The van der Waals surface area contributed by atoms with Crippen LogP contribution < -0.4 is 10.2 Å². The first-order valence-corrected chi connectivity index (χ1v) is 16.6. The lowest BCUT2D eigenvalue weighted by Crippen LogP contribution is -2.47. The number of rotatable bonds is 10. The van der Waals surface area contributed by atoms with Gasteiger partial charge in [-0.25, -0.2) is 24.3 Å². The largest absolute Gasteiger partial charge is 0.394 e. The predicted octanol–water partition coefficient (Wildman–Crippen LogP) is 2.41. The van der Waals surface area contributed by atoms with Crippen LogP contribution in [0.3, 0.4) is 0 Å². The van der Waals surface area contributed by atoms with Crippen molar-refractivity contribution >= 4 is 34.2 Å². The van der Waals surface area contributed by atoms with Crippen molar-refractivity contribution < 1.29 is 23.8 Å². The van der Waals surface area contributed by atoms with E-state index in [-0.39, 0.29) is 49.0 Å². The summed E-state index contributed by atoms with van der Waals surface area (Å²) in [5, 5.41) is 31.9. The van der Waals surface area contributed by atoms with Gasteiger partial charge in [-0.2, -0.15) is 9.65 Å². The van der Waals surface area contributed by atoms with Gasteiger partial charge in [-0.1, -0.05) is 12.1 Å². The van der Waals surface area contributed by atoms with Gasteiger partial charge < -0.3 is 29.9 Å². The summed E-state index contributed by atoms with van der Waals surface area (Å²) in [5.74, 6) is -0.406. The number of fused-ring (bicyclic) bond motifs is 2. The van der Waals surface area contributed by atoms with Crippen molar-refractivity contribution in [3.63, 3.8) is 0 Å². The molecule has 0 bridgehead atoms. The number of nitrogens with zero attached hydrogens (tertiary/aromatic N) is 10. The van der Waals surface area contributed by atoms with Crippen LogP contribution >= 0.6 is 0 Å². The third kappa shape index (κ3) is 6.79. The standard InChI is InChI=1S/C34H37F2N11O3/c35-22-7-8-28-38-16-27(46(28)17-22)32-41-33(39-23-4-3-11-45(18-23)30(50)9-10-37)31(36)34(42-32)44-14-12-43(13-15-44)20-29-40-25-5-1-2-6-26(25)47(29)19-24(49)21-48/h1-2,5-8,16-17,23-24,48-49H,3-4,9,11-15,18-21H2,(H,39,41,42)/t23-,24?/m1/s1. The van der Waals surface area contributed by atoms with E-state index in [9.17, 15) is 19.4 Å². The molecule has 3 N–H and O–H groups in total. The number of nitriles is 1. The molecule has 2 aliphatic rings. The number of likely N-dealkylation sites (tertiary alicyclic amines) is 1. The van der Waals surface area contributed by atoms with E-state index in [0.717, 1.165) is 16.9 Å². The number of hydrogen-bond acceptors (Lipinski definition) is 11. The molecule has 1 unspecified atom stereocenters. The Bertz CT molecular complexity index is 2050. The number of halogens is 2. The molecule has 0 aliphatic carbocycles. The molecule has 50 heavy (non-hydrogen) atoms. The van der Waals surface area contributed by atoms with Crippen LogP contribution in [0, 0.1) is 23.0 Å². The minimum Gasteiger partial charge on any atom is -0.394 e. The Morgan fingerprint density at radius 2 is 1.90 bits per heavy atom. The average molecular weight is 686 g/mol. The average Bonchev–Trinajstić information content (AvgIpc) is 3.70. The fraction of sp³-hybridized carbons (Fsp3) is 0.412. The number of aliphatic hydroxyl groups excluding tert-OH is 2. The van der Waals surface area contributed by atoms with Gasteiger partial charge in [0.2, 0.25) is 11.7 Å². The Morgan fingerprint density at radius 3 is 2.70 bits per heavy atom. The number of amides is 1. The van der Waals surface area contributed by atoms with Gasteiger partial charge in [0, 0.05) is 51.5 Å². The Kier molecular flexibility index (Phi) is 9.52. The zero-order valence-electron chi connectivity index (χ0n) is 27.3. The van der Waals surface area contributed by atoms with E-state index in [1.807, 2.05) is 39.8 Å². The number of carbonyl (C=O) groups is 1. The quantitative estimate of drug-likeness (QED) is 0.198. The van der Waals surface area contributed by atoms with Crippen molar-refractivity contribution in [3.05, 3.63) is 66.3 Å². The number of carbonyl (C=O) groups excluding carboxylic acids is 1. The molecule has 6 heterocycles. The highest BCUT2D eigenvalue weighted by Crippen LogP contribution is 2.30. The van der Waals surface area contributed by atoms with E-state index in [0.29, 0.717) is 70.0 Å². The normalized spacial score (nSPS) is 17.7. The zero-order chi connectivity index (χ0) is 34.8. The molecule has 14 nitrogen and oxygen atoms in total. The topological polar surface area (TPSA) is 164 Å². The summed E-state index contributed by atoms with van der Waals surface area (Å²) >= 11 is 0. The van der Waals surface area contributed by atoms with Crippen molar-refractivity contribution in [1.29, 1.82) is 5.26 Å². The number of anilines is 2. The van der Waals surface area contributed by atoms with Crippen LogP contribution in [0.1, 0.15) is 25.1 Å². The number of para-hydroxylation sites is 2. The van der Waals surface area contributed by atoms with Gasteiger partial charge >= 0.3 is 0 Å². The Labute approximate surface area is 286 Å². The van der Waals surface area contributed by atoms with Crippen molar-refractivity contribution in [2.24, 2.45) is 0 Å². The minimum atomic E-state index is -0.930. The van der Waals surface area contributed by atoms with Crippen LogP contribution in [0.5, 0.6) is 0 Å². The van der Waals surface area contributed by atoms with E-state index in [2.05, 4.69) is 25.2 Å². The van der Waals surface area contributed by atoms with E-state index in [1.54, 1.807) is 4.90 Å². The lowest BCUT2D eigenvalue weighted by molar-refractivity contribution is -0.131. The van der Waals surface area contributed by atoms with E-state index < -0.39 is 17.7 Å². The van der Waals surface area contributed by atoms with Crippen LogP contribution in [0.2, 0.25) is 0 Å². The van der Waals surface area contributed by atoms with Crippen LogP contribution in [-0.2, 0) is 17.9 Å². The lowest BCUT2D eigenvalue weighted by Gasteiger charge is -2.36. The lowest BCUT2D eigenvalue weighted by atomic mass is 10.1. The first-order valence-electron chi connectivity index (χ1n) is 16.6. The van der Waals surface area contributed by atoms with Gasteiger partial charge in [-0.15, -0.1) is 0 Å². The fourth-order valence-electron chi connectivity index (χ4n) is 6.71. The molecule has 260 valence electrons. The van der Waals surface area contributed by atoms with E-state index in [1.165, 1.54) is 28.9 Å². The van der Waals surface area contributed by atoms with Gasteiger partial charge in [0.25, 0.3) is 0 Å². The summed E-state index contributed by atoms with van der Waals surface area (Å²) in [7, 11) is 0. The molecule has 1 amide bonds. The van der Waals surface area contributed by atoms with Gasteiger partial charge in [0.05, 0.1) is 49.1 Å². The molecule has 2 aliphatic heterocycles. The van der Waals surface area contributed by atoms with Gasteiger partial charge in [-0.3, -0.25) is 14.1 Å². The highest BCUT2D eigenvalue weighted by Gasteiger charge is 2.29. The third-order valence-corrected chi connectivity index (χ3v) is 9.25. The first kappa shape index (κ1) is 33.3. The van der Waals surface area contributed by atoms with Crippen LogP contribution in [-0.4, -0.2) is 113 Å². The Hall–Kier alpha value is -5.24. The fourth-order valence-corrected chi connectivity index (χ4v) is 6.71. The van der Waals surface area contributed by atoms with E-state index in [4.69, 9.17) is 10.2 Å². The number of pyridine rings is 1. The second kappa shape index (κ2) is 14.3. The number of imidazole rings is 2. The number of piperazine rings is 1. The van der Waals surface area contributed by atoms with Crippen LogP contribution in [0.25, 0.3) is 28.2 Å². The van der Waals surface area contributed by atoms with E-state index >= 15 is 4.39 Å². The molecule has 7 rings (SSSR count). The van der Waals surface area contributed by atoms with Crippen molar-refractivity contribution in [3.8, 4) is 17.6 Å². The summed E-state index contributed by atoms with van der Waals surface area (Å²) in [6, 6.07) is 12.1. The number of benzene rings is 1. The Morgan fingerprint density at radius 1 is 1.08 bits per heavy atom. The molecule has 2 fully saturated rings. The predicted molar refractivity (Wildman–Crippen MR) is 180 cm³/mol. The number of aromatic nitrogens is 6. The van der Waals surface area contributed by atoms with Gasteiger partial charge in [0.1, 0.15) is 29.4 Å². The molecule has 0 spiro atoms.